The van der Waals surface area contributed by atoms with Crippen LogP contribution >= 0.6 is 0 Å². The van der Waals surface area contributed by atoms with Gasteiger partial charge in [0.2, 0.25) is 0 Å². The molecule has 0 spiro atoms. The highest BCUT2D eigenvalue weighted by Crippen LogP contribution is 2.44. The first kappa shape index (κ1) is 19.7. The third kappa shape index (κ3) is 3.35. The monoisotopic (exact) mass is 434 g/mol. The summed E-state index contributed by atoms with van der Waals surface area (Å²) in [6.45, 7) is 2.28. The SMILES string of the molecule is O=C(N(C1CCNCC1)C1CC1)N1N=C2c3cc(F)ccc3OC[C@@H]2[C@@H]1c1ccccc1. The third-order valence-electron chi connectivity index (χ3n) is 7.05. The predicted octanol–water partition coefficient (Wildman–Crippen LogP) is 3.93. The lowest BCUT2D eigenvalue weighted by atomic mass is 9.86. The van der Waals surface area contributed by atoms with E-state index in [0.29, 0.717) is 24.0 Å². The van der Waals surface area contributed by atoms with Crippen LogP contribution in [-0.2, 0) is 0 Å². The van der Waals surface area contributed by atoms with Crippen molar-refractivity contribution in [1.82, 2.24) is 15.2 Å². The first-order valence-electron chi connectivity index (χ1n) is 11.6. The predicted molar refractivity (Wildman–Crippen MR) is 119 cm³/mol. The fourth-order valence-corrected chi connectivity index (χ4v) is 5.36. The van der Waals surface area contributed by atoms with Crippen molar-refractivity contribution in [3.8, 4) is 5.75 Å². The third-order valence-corrected chi connectivity index (χ3v) is 7.05. The molecule has 4 aliphatic rings. The molecule has 32 heavy (non-hydrogen) atoms. The van der Waals surface area contributed by atoms with E-state index in [0.717, 1.165) is 50.0 Å². The standard InChI is InChI=1S/C25H27FN4O2/c26-17-6-9-22-20(14-17)23-21(15-32-22)24(16-4-2-1-3-5-16)30(28-23)25(31)29(18-7-8-18)19-10-12-27-13-11-19/h1-6,9,14,18-19,21,24,27H,7-8,10-13,15H2/t21-,24-/m0/s1. The summed E-state index contributed by atoms with van der Waals surface area (Å²) in [5.74, 6) is 0.163. The zero-order chi connectivity index (χ0) is 21.7. The number of urea groups is 1. The van der Waals surface area contributed by atoms with Gasteiger partial charge in [-0.3, -0.25) is 0 Å². The Labute approximate surface area is 187 Å². The largest absolute Gasteiger partial charge is 0.492 e. The van der Waals surface area contributed by atoms with Crippen LogP contribution in [0.15, 0.2) is 53.6 Å². The molecule has 166 valence electrons. The summed E-state index contributed by atoms with van der Waals surface area (Å²) in [5, 5.41) is 9.94. The molecule has 3 aliphatic heterocycles. The van der Waals surface area contributed by atoms with Gasteiger partial charge in [-0.1, -0.05) is 30.3 Å². The Morgan fingerprint density at radius 2 is 1.81 bits per heavy atom. The number of carbonyl (C=O) groups is 1. The van der Waals surface area contributed by atoms with Gasteiger partial charge in [0.25, 0.3) is 0 Å². The van der Waals surface area contributed by atoms with E-state index in [1.165, 1.54) is 12.1 Å². The molecule has 0 radical (unpaired) electrons. The van der Waals surface area contributed by atoms with Crippen LogP contribution in [0, 0.1) is 11.7 Å². The molecule has 1 saturated carbocycles. The van der Waals surface area contributed by atoms with Gasteiger partial charge in [-0.25, -0.2) is 14.2 Å². The maximum absolute atomic E-state index is 14.1. The Morgan fingerprint density at radius 1 is 1.06 bits per heavy atom. The van der Waals surface area contributed by atoms with Crippen molar-refractivity contribution in [2.45, 2.75) is 43.8 Å². The highest BCUT2D eigenvalue weighted by molar-refractivity contribution is 6.07. The molecule has 0 aromatic heterocycles. The number of nitrogens with zero attached hydrogens (tertiary/aromatic N) is 3. The summed E-state index contributed by atoms with van der Waals surface area (Å²) >= 11 is 0. The Kier molecular flexibility index (Phi) is 4.86. The van der Waals surface area contributed by atoms with E-state index >= 15 is 0 Å². The second-order valence-electron chi connectivity index (χ2n) is 9.15. The molecule has 7 heteroatoms. The Bertz CT molecular complexity index is 1050. The molecule has 1 saturated heterocycles. The molecular weight excluding hydrogens is 407 g/mol. The second kappa shape index (κ2) is 7.89. The summed E-state index contributed by atoms with van der Waals surface area (Å²) in [6, 6.07) is 14.8. The van der Waals surface area contributed by atoms with Gasteiger partial charge < -0.3 is 15.0 Å². The van der Waals surface area contributed by atoms with Gasteiger partial charge in [0.15, 0.2) is 0 Å². The lowest BCUT2D eigenvalue weighted by Crippen LogP contribution is -2.51. The van der Waals surface area contributed by atoms with E-state index in [2.05, 4.69) is 10.2 Å². The summed E-state index contributed by atoms with van der Waals surface area (Å²) in [7, 11) is 0. The first-order valence-corrected chi connectivity index (χ1v) is 11.6. The number of benzene rings is 2. The van der Waals surface area contributed by atoms with Crippen molar-refractivity contribution in [3.05, 3.63) is 65.5 Å². The number of amides is 2. The van der Waals surface area contributed by atoms with E-state index < -0.39 is 0 Å². The average Bonchev–Trinajstić information content (AvgIpc) is 3.58. The van der Waals surface area contributed by atoms with Crippen molar-refractivity contribution < 1.29 is 13.9 Å². The fourth-order valence-electron chi connectivity index (χ4n) is 5.36. The van der Waals surface area contributed by atoms with E-state index in [1.54, 1.807) is 11.1 Å². The molecule has 2 aromatic rings. The lowest BCUT2D eigenvalue weighted by molar-refractivity contribution is 0.0985. The van der Waals surface area contributed by atoms with Crippen molar-refractivity contribution >= 4 is 11.7 Å². The van der Waals surface area contributed by atoms with Gasteiger partial charge in [-0.05, 0) is 62.5 Å². The minimum absolute atomic E-state index is 0.0342. The van der Waals surface area contributed by atoms with E-state index in [-0.39, 0.29) is 29.8 Å². The van der Waals surface area contributed by atoms with Crippen LogP contribution in [0.2, 0.25) is 0 Å². The maximum atomic E-state index is 14.1. The van der Waals surface area contributed by atoms with Crippen LogP contribution < -0.4 is 10.1 Å². The lowest BCUT2D eigenvalue weighted by Gasteiger charge is -2.38. The summed E-state index contributed by atoms with van der Waals surface area (Å²) in [4.78, 5) is 16.1. The first-order chi connectivity index (χ1) is 15.7. The molecule has 2 aromatic carbocycles. The van der Waals surface area contributed by atoms with E-state index in [9.17, 15) is 9.18 Å². The minimum atomic E-state index is -0.328. The number of nitrogens with one attached hydrogen (secondary N) is 1. The molecular formula is C25H27FN4O2. The second-order valence-corrected chi connectivity index (χ2v) is 9.15. The van der Waals surface area contributed by atoms with E-state index in [4.69, 9.17) is 9.84 Å². The summed E-state index contributed by atoms with van der Waals surface area (Å²) < 4.78 is 20.1. The van der Waals surface area contributed by atoms with Gasteiger partial charge in [0.1, 0.15) is 11.6 Å². The van der Waals surface area contributed by atoms with Crippen molar-refractivity contribution in [2.75, 3.05) is 19.7 Å². The number of ether oxygens (including phenoxy) is 1. The number of fused-ring (bicyclic) bond motifs is 3. The fraction of sp³-hybridized carbons (Fsp3) is 0.440. The topological polar surface area (TPSA) is 57.2 Å². The highest BCUT2D eigenvalue weighted by Gasteiger charge is 2.49. The van der Waals surface area contributed by atoms with Crippen LogP contribution in [0.25, 0.3) is 0 Å². The smallest absolute Gasteiger partial charge is 0.341 e. The number of hydrogen-bond acceptors (Lipinski definition) is 4. The normalized spacial score (nSPS) is 24.9. The molecule has 6 rings (SSSR count). The maximum Gasteiger partial charge on any atom is 0.341 e. The van der Waals surface area contributed by atoms with Gasteiger partial charge in [-0.2, -0.15) is 5.10 Å². The molecule has 2 amide bonds. The molecule has 0 bridgehead atoms. The van der Waals surface area contributed by atoms with Crippen LogP contribution in [0.1, 0.15) is 42.9 Å². The molecule has 1 N–H and O–H groups in total. The average molecular weight is 435 g/mol. The zero-order valence-corrected chi connectivity index (χ0v) is 17.9. The van der Waals surface area contributed by atoms with Crippen LogP contribution in [0.4, 0.5) is 9.18 Å². The Hall–Kier alpha value is -2.93. The zero-order valence-electron chi connectivity index (χ0n) is 17.9. The minimum Gasteiger partial charge on any atom is -0.492 e. The number of carbonyl (C=O) groups excluding carboxylic acids is 1. The number of hydrazone groups is 1. The summed E-state index contributed by atoms with van der Waals surface area (Å²) in [5.41, 5.74) is 2.42. The van der Waals surface area contributed by atoms with Crippen molar-refractivity contribution in [1.29, 1.82) is 0 Å². The molecule has 6 nitrogen and oxygen atoms in total. The van der Waals surface area contributed by atoms with Gasteiger partial charge in [-0.15, -0.1) is 0 Å². The number of rotatable bonds is 3. The molecule has 0 unspecified atom stereocenters. The molecule has 1 aliphatic carbocycles. The van der Waals surface area contributed by atoms with Crippen LogP contribution in [-0.4, -0.2) is 53.4 Å². The highest BCUT2D eigenvalue weighted by atomic mass is 19.1. The van der Waals surface area contributed by atoms with Gasteiger partial charge >= 0.3 is 6.03 Å². The van der Waals surface area contributed by atoms with Gasteiger partial charge in [0.05, 0.1) is 24.3 Å². The van der Waals surface area contributed by atoms with Crippen molar-refractivity contribution in [2.24, 2.45) is 11.0 Å². The van der Waals surface area contributed by atoms with Crippen LogP contribution in [0.3, 0.4) is 0 Å². The van der Waals surface area contributed by atoms with Gasteiger partial charge in [0, 0.05) is 17.6 Å². The van der Waals surface area contributed by atoms with E-state index in [1.807, 2.05) is 30.3 Å². The summed E-state index contributed by atoms with van der Waals surface area (Å²) in [6.07, 6.45) is 4.03. The number of hydrogen-bond donors (Lipinski definition) is 1. The number of piperidine rings is 1. The number of halogens is 1. The molecule has 2 atom stereocenters. The molecule has 2 fully saturated rings. The van der Waals surface area contributed by atoms with Crippen molar-refractivity contribution in [3.63, 3.8) is 0 Å². The molecule has 3 heterocycles. The Morgan fingerprint density at radius 3 is 2.56 bits per heavy atom. The quantitative estimate of drug-likeness (QED) is 0.796. The Balaban J connectivity index is 1.41. The van der Waals surface area contributed by atoms with Crippen LogP contribution in [0.5, 0.6) is 5.75 Å².